The second-order valence-electron chi connectivity index (χ2n) is 8.36. The number of benzene rings is 1. The van der Waals surface area contributed by atoms with Gasteiger partial charge in [0.2, 0.25) is 15.9 Å². The number of nitrogens with one attached hydrogen (secondary N) is 1. The Hall–Kier alpha value is -0.960. The van der Waals surface area contributed by atoms with Crippen LogP contribution in [0.25, 0.3) is 0 Å². The molecular weight excluding hydrogens is 454 g/mol. The van der Waals surface area contributed by atoms with Gasteiger partial charge >= 0.3 is 0 Å². The Morgan fingerprint density at radius 3 is 2.34 bits per heavy atom. The van der Waals surface area contributed by atoms with Crippen molar-refractivity contribution in [3.8, 4) is 0 Å². The van der Waals surface area contributed by atoms with Crippen molar-refractivity contribution < 1.29 is 13.2 Å². The molecule has 0 unspecified atom stereocenters. The van der Waals surface area contributed by atoms with Crippen molar-refractivity contribution >= 4 is 31.9 Å². The van der Waals surface area contributed by atoms with Gasteiger partial charge in [-0.25, -0.2) is 8.42 Å². The van der Waals surface area contributed by atoms with Crippen LogP contribution in [0.2, 0.25) is 0 Å². The fourth-order valence-corrected chi connectivity index (χ4v) is 5.73. The summed E-state index contributed by atoms with van der Waals surface area (Å²) in [5.41, 5.74) is 0. The van der Waals surface area contributed by atoms with Crippen LogP contribution in [0.3, 0.4) is 0 Å². The van der Waals surface area contributed by atoms with Gasteiger partial charge in [0, 0.05) is 37.2 Å². The second kappa shape index (κ2) is 10.4. The summed E-state index contributed by atoms with van der Waals surface area (Å²) < 4.78 is 27.2. The van der Waals surface area contributed by atoms with E-state index in [0.717, 1.165) is 40.6 Å². The summed E-state index contributed by atoms with van der Waals surface area (Å²) in [7, 11) is -2.23. The van der Waals surface area contributed by atoms with Crippen molar-refractivity contribution in [2.75, 3.05) is 33.2 Å². The van der Waals surface area contributed by atoms with E-state index in [1.807, 2.05) is 0 Å². The van der Waals surface area contributed by atoms with Crippen LogP contribution in [-0.2, 0) is 14.8 Å². The van der Waals surface area contributed by atoms with Gasteiger partial charge in [-0.15, -0.1) is 0 Å². The number of hydrogen-bond donors (Lipinski definition) is 1. The lowest BCUT2D eigenvalue weighted by atomic mass is 9.88. The zero-order chi connectivity index (χ0) is 20.9. The lowest BCUT2D eigenvalue weighted by molar-refractivity contribution is -0.122. The SMILES string of the molecule is CN(CC(=O)NC1CCN(CC2CCCCC2)CC1)S(=O)(=O)c1ccc(Br)cc1. The molecule has 1 saturated carbocycles. The number of likely N-dealkylation sites (N-methyl/N-ethyl adjacent to an activating group) is 1. The zero-order valence-electron chi connectivity index (χ0n) is 17.1. The van der Waals surface area contributed by atoms with E-state index in [1.165, 1.54) is 57.8 Å². The minimum absolute atomic E-state index is 0.133. The van der Waals surface area contributed by atoms with Crippen molar-refractivity contribution in [2.45, 2.75) is 55.9 Å². The maximum Gasteiger partial charge on any atom is 0.243 e. The number of hydrogen-bond acceptors (Lipinski definition) is 4. The van der Waals surface area contributed by atoms with Crippen LogP contribution in [0.4, 0.5) is 0 Å². The Morgan fingerprint density at radius 2 is 1.72 bits per heavy atom. The summed E-state index contributed by atoms with van der Waals surface area (Å²) >= 11 is 3.30. The second-order valence-corrected chi connectivity index (χ2v) is 11.3. The lowest BCUT2D eigenvalue weighted by Crippen LogP contribution is -2.48. The molecule has 0 bridgehead atoms. The van der Waals surface area contributed by atoms with Crippen molar-refractivity contribution in [1.29, 1.82) is 0 Å². The Kier molecular flexibility index (Phi) is 8.13. The molecule has 1 aliphatic carbocycles. The predicted octanol–water partition coefficient (Wildman–Crippen LogP) is 3.23. The molecule has 1 saturated heterocycles. The van der Waals surface area contributed by atoms with Crippen LogP contribution in [0.15, 0.2) is 33.6 Å². The number of sulfonamides is 1. The van der Waals surface area contributed by atoms with Gasteiger partial charge in [-0.1, -0.05) is 35.2 Å². The van der Waals surface area contributed by atoms with Gasteiger partial charge in [0.1, 0.15) is 0 Å². The average molecular weight is 486 g/mol. The van der Waals surface area contributed by atoms with Crippen molar-refractivity contribution in [3.05, 3.63) is 28.7 Å². The number of likely N-dealkylation sites (tertiary alicyclic amines) is 1. The van der Waals surface area contributed by atoms with E-state index in [2.05, 4.69) is 26.1 Å². The first-order valence-corrected chi connectivity index (χ1v) is 12.8. The Morgan fingerprint density at radius 1 is 1.10 bits per heavy atom. The van der Waals surface area contributed by atoms with Gasteiger partial charge in [0.05, 0.1) is 11.4 Å². The molecule has 2 aliphatic rings. The standard InChI is InChI=1S/C21H32BrN3O3S/c1-24(29(27,28)20-9-7-18(22)8-10-20)16-21(26)23-19-11-13-25(14-12-19)15-17-5-3-2-4-6-17/h7-10,17,19H,2-6,11-16H2,1H3,(H,23,26). The maximum atomic E-state index is 12.6. The first-order chi connectivity index (χ1) is 13.8. The molecule has 29 heavy (non-hydrogen) atoms. The highest BCUT2D eigenvalue weighted by atomic mass is 79.9. The summed E-state index contributed by atoms with van der Waals surface area (Å²) in [4.78, 5) is 15.1. The van der Waals surface area contributed by atoms with E-state index >= 15 is 0 Å². The van der Waals surface area contributed by atoms with Gasteiger partial charge in [0.25, 0.3) is 0 Å². The molecule has 0 spiro atoms. The van der Waals surface area contributed by atoms with E-state index in [0.29, 0.717) is 0 Å². The molecule has 8 heteroatoms. The highest BCUT2D eigenvalue weighted by molar-refractivity contribution is 9.10. The van der Waals surface area contributed by atoms with Crippen molar-refractivity contribution in [3.63, 3.8) is 0 Å². The molecule has 2 fully saturated rings. The first-order valence-electron chi connectivity index (χ1n) is 10.6. The molecule has 3 rings (SSSR count). The van der Waals surface area contributed by atoms with Crippen LogP contribution < -0.4 is 5.32 Å². The van der Waals surface area contributed by atoms with Crippen molar-refractivity contribution in [2.24, 2.45) is 5.92 Å². The molecule has 1 amide bonds. The topological polar surface area (TPSA) is 69.7 Å². The van der Waals surface area contributed by atoms with E-state index in [9.17, 15) is 13.2 Å². The molecule has 0 aromatic heterocycles. The quantitative estimate of drug-likeness (QED) is 0.643. The molecular formula is C21H32BrN3O3S. The number of piperidine rings is 1. The van der Waals surface area contributed by atoms with E-state index in [4.69, 9.17) is 0 Å². The third-order valence-corrected chi connectivity index (χ3v) is 8.43. The smallest absolute Gasteiger partial charge is 0.243 e. The minimum atomic E-state index is -3.67. The summed E-state index contributed by atoms with van der Waals surface area (Å²) in [6.07, 6.45) is 8.70. The highest BCUT2D eigenvalue weighted by Gasteiger charge is 2.26. The third kappa shape index (κ3) is 6.51. The van der Waals surface area contributed by atoms with Crippen LogP contribution in [0, 0.1) is 5.92 Å². The van der Waals surface area contributed by atoms with Gasteiger partial charge in [0.15, 0.2) is 0 Å². The Bertz CT molecular complexity index is 771. The van der Waals surface area contributed by atoms with E-state index < -0.39 is 10.0 Å². The molecule has 1 aromatic carbocycles. The molecule has 162 valence electrons. The number of amides is 1. The number of nitrogens with zero attached hydrogens (tertiary/aromatic N) is 2. The number of halogens is 1. The first kappa shape index (κ1) is 22.7. The minimum Gasteiger partial charge on any atom is -0.352 e. The summed E-state index contributed by atoms with van der Waals surface area (Å²) in [5, 5.41) is 3.03. The van der Waals surface area contributed by atoms with Gasteiger partial charge in [-0.3, -0.25) is 4.79 Å². The van der Waals surface area contributed by atoms with Crippen LogP contribution in [0.1, 0.15) is 44.9 Å². The summed E-state index contributed by atoms with van der Waals surface area (Å²) in [6, 6.07) is 6.57. The number of carbonyl (C=O) groups excluding carboxylic acids is 1. The van der Waals surface area contributed by atoms with Crippen LogP contribution in [-0.4, -0.2) is 62.8 Å². The van der Waals surface area contributed by atoms with Gasteiger partial charge < -0.3 is 10.2 Å². The Labute approximate surface area is 183 Å². The lowest BCUT2D eigenvalue weighted by Gasteiger charge is -2.35. The molecule has 0 radical (unpaired) electrons. The van der Waals surface area contributed by atoms with E-state index in [1.54, 1.807) is 12.1 Å². The molecule has 1 heterocycles. The molecule has 1 aromatic rings. The third-order valence-electron chi connectivity index (χ3n) is 6.08. The monoisotopic (exact) mass is 485 g/mol. The fraction of sp³-hybridized carbons (Fsp3) is 0.667. The number of carbonyl (C=O) groups is 1. The Balaban J connectivity index is 1.43. The molecule has 1 N–H and O–H groups in total. The van der Waals surface area contributed by atoms with Crippen LogP contribution in [0.5, 0.6) is 0 Å². The highest BCUT2D eigenvalue weighted by Crippen LogP contribution is 2.25. The maximum absolute atomic E-state index is 12.6. The van der Waals surface area contributed by atoms with Crippen molar-refractivity contribution in [1.82, 2.24) is 14.5 Å². The summed E-state index contributed by atoms with van der Waals surface area (Å²) in [5.74, 6) is 0.603. The molecule has 6 nitrogen and oxygen atoms in total. The van der Waals surface area contributed by atoms with Gasteiger partial charge in [-0.05, 0) is 55.9 Å². The fourth-order valence-electron chi connectivity index (χ4n) is 4.34. The van der Waals surface area contributed by atoms with Crippen LogP contribution >= 0.6 is 15.9 Å². The number of rotatable bonds is 7. The summed E-state index contributed by atoms with van der Waals surface area (Å²) in [6.45, 7) is 3.04. The molecule has 0 atom stereocenters. The van der Waals surface area contributed by atoms with Gasteiger partial charge in [-0.2, -0.15) is 4.31 Å². The largest absolute Gasteiger partial charge is 0.352 e. The predicted molar refractivity (Wildman–Crippen MR) is 118 cm³/mol. The van der Waals surface area contributed by atoms with E-state index in [-0.39, 0.29) is 23.4 Å². The zero-order valence-corrected chi connectivity index (χ0v) is 19.6. The average Bonchev–Trinajstić information content (AvgIpc) is 2.70. The molecule has 1 aliphatic heterocycles. The normalized spacial score (nSPS) is 20.1.